The van der Waals surface area contributed by atoms with Gasteiger partial charge >= 0.3 is 5.97 Å². The molecule has 114 valence electrons. The van der Waals surface area contributed by atoms with Crippen molar-refractivity contribution < 1.29 is 14.7 Å². The van der Waals surface area contributed by atoms with Gasteiger partial charge in [0, 0.05) is 13.1 Å². The number of aromatic nitrogens is 3. The normalized spacial score (nSPS) is 21.0. The molecule has 1 fully saturated rings. The first-order chi connectivity index (χ1) is 10.5. The molecule has 0 spiro atoms. The Hall–Kier alpha value is -2.70. The molecule has 1 amide bonds. The van der Waals surface area contributed by atoms with Crippen LogP contribution in [-0.2, 0) is 4.79 Å². The first-order valence-electron chi connectivity index (χ1n) is 6.99. The summed E-state index contributed by atoms with van der Waals surface area (Å²) in [4.78, 5) is 29.2. The molecule has 1 aliphatic rings. The third kappa shape index (κ3) is 2.45. The quantitative estimate of drug-likeness (QED) is 0.920. The molecule has 0 saturated carbocycles. The Labute approximate surface area is 127 Å². The summed E-state index contributed by atoms with van der Waals surface area (Å²) in [6.45, 7) is 2.24. The maximum absolute atomic E-state index is 12.4. The number of likely N-dealkylation sites (tertiary alicyclic amines) is 1. The Balaban J connectivity index is 1.77. The molecule has 1 atom stereocenters. The highest BCUT2D eigenvalue weighted by Crippen LogP contribution is 2.30. The summed E-state index contributed by atoms with van der Waals surface area (Å²) in [5.41, 5.74) is -0.0802. The molecule has 1 aromatic heterocycles. The molecular weight excluding hydrogens is 284 g/mol. The Kier molecular flexibility index (Phi) is 3.40. The topological polar surface area (TPSA) is 88.3 Å². The molecule has 1 aromatic carbocycles. The van der Waals surface area contributed by atoms with Crippen LogP contribution in [-0.4, -0.2) is 49.7 Å². The lowest BCUT2D eigenvalue weighted by Crippen LogP contribution is -2.35. The zero-order chi connectivity index (χ0) is 15.7. The van der Waals surface area contributed by atoms with Crippen molar-refractivity contribution in [2.24, 2.45) is 5.41 Å². The van der Waals surface area contributed by atoms with Gasteiger partial charge in [-0.1, -0.05) is 18.2 Å². The largest absolute Gasteiger partial charge is 0.481 e. The predicted octanol–water partition coefficient (Wildman–Crippen LogP) is 1.20. The number of hydrogen-bond donors (Lipinski definition) is 1. The molecule has 1 N–H and O–H groups in total. The van der Waals surface area contributed by atoms with E-state index in [4.69, 9.17) is 0 Å². The van der Waals surface area contributed by atoms with Gasteiger partial charge in [-0.25, -0.2) is 9.67 Å². The number of carbonyl (C=O) groups is 2. The highest BCUT2D eigenvalue weighted by molar-refractivity contribution is 5.91. The maximum atomic E-state index is 12.4. The van der Waals surface area contributed by atoms with Gasteiger partial charge in [0.15, 0.2) is 0 Å². The molecule has 2 heterocycles. The molecule has 3 rings (SSSR count). The maximum Gasteiger partial charge on any atom is 0.311 e. The molecule has 0 aliphatic carbocycles. The van der Waals surface area contributed by atoms with Crippen LogP contribution < -0.4 is 0 Å². The number of nitrogens with zero attached hydrogens (tertiary/aromatic N) is 4. The summed E-state index contributed by atoms with van der Waals surface area (Å²) in [5.74, 6) is -1.14. The Morgan fingerprint density at radius 1 is 1.27 bits per heavy atom. The lowest BCUT2D eigenvalue weighted by atomic mass is 9.90. The second-order valence-corrected chi connectivity index (χ2v) is 5.69. The second kappa shape index (κ2) is 5.25. The van der Waals surface area contributed by atoms with Gasteiger partial charge in [-0.2, -0.15) is 0 Å². The first-order valence-corrected chi connectivity index (χ1v) is 6.99. The lowest BCUT2D eigenvalue weighted by Gasteiger charge is -2.19. The van der Waals surface area contributed by atoms with Crippen LogP contribution in [0, 0.1) is 5.41 Å². The number of amides is 1. The summed E-state index contributed by atoms with van der Waals surface area (Å²) >= 11 is 0. The van der Waals surface area contributed by atoms with Crippen molar-refractivity contribution in [3.63, 3.8) is 0 Å². The van der Waals surface area contributed by atoms with Gasteiger partial charge in [-0.3, -0.25) is 9.59 Å². The van der Waals surface area contributed by atoms with Crippen LogP contribution in [0.15, 0.2) is 36.7 Å². The monoisotopic (exact) mass is 300 g/mol. The van der Waals surface area contributed by atoms with E-state index in [-0.39, 0.29) is 18.3 Å². The molecule has 1 saturated heterocycles. The van der Waals surface area contributed by atoms with E-state index < -0.39 is 11.4 Å². The molecule has 22 heavy (non-hydrogen) atoms. The Bertz CT molecular complexity index is 713. The smallest absolute Gasteiger partial charge is 0.311 e. The molecule has 7 nitrogen and oxygen atoms in total. The van der Waals surface area contributed by atoms with E-state index in [0.717, 1.165) is 5.69 Å². The van der Waals surface area contributed by atoms with Gasteiger partial charge in [0.25, 0.3) is 5.91 Å². The number of benzene rings is 1. The SMILES string of the molecule is CC1(C(=O)O)CCN(C(=O)c2ncn(-c3ccccc3)n2)C1. The average Bonchev–Trinajstić information content (AvgIpc) is 3.15. The van der Waals surface area contributed by atoms with Crippen molar-refractivity contribution in [3.05, 3.63) is 42.5 Å². The van der Waals surface area contributed by atoms with Gasteiger partial charge in [0.05, 0.1) is 11.1 Å². The van der Waals surface area contributed by atoms with E-state index in [1.807, 2.05) is 30.3 Å². The van der Waals surface area contributed by atoms with E-state index in [9.17, 15) is 14.7 Å². The summed E-state index contributed by atoms with van der Waals surface area (Å²) in [6.07, 6.45) is 1.92. The summed E-state index contributed by atoms with van der Waals surface area (Å²) in [5, 5.41) is 13.4. The van der Waals surface area contributed by atoms with E-state index in [2.05, 4.69) is 10.1 Å². The van der Waals surface area contributed by atoms with Crippen LogP contribution in [0.3, 0.4) is 0 Å². The molecule has 0 radical (unpaired) electrons. The summed E-state index contributed by atoms with van der Waals surface area (Å²) in [7, 11) is 0. The van der Waals surface area contributed by atoms with Crippen LogP contribution in [0.1, 0.15) is 24.0 Å². The number of aliphatic carboxylic acids is 1. The third-order valence-corrected chi connectivity index (χ3v) is 3.98. The van der Waals surface area contributed by atoms with E-state index >= 15 is 0 Å². The van der Waals surface area contributed by atoms with Crippen molar-refractivity contribution in [2.45, 2.75) is 13.3 Å². The second-order valence-electron chi connectivity index (χ2n) is 5.69. The van der Waals surface area contributed by atoms with Crippen LogP contribution in [0.25, 0.3) is 5.69 Å². The fourth-order valence-corrected chi connectivity index (χ4v) is 2.52. The third-order valence-electron chi connectivity index (χ3n) is 3.98. The molecule has 2 aromatic rings. The Morgan fingerprint density at radius 2 is 2.00 bits per heavy atom. The van der Waals surface area contributed by atoms with Gasteiger partial charge in [0.2, 0.25) is 5.82 Å². The minimum atomic E-state index is -0.891. The van der Waals surface area contributed by atoms with Gasteiger partial charge in [-0.05, 0) is 25.5 Å². The number of carboxylic acids is 1. The van der Waals surface area contributed by atoms with Crippen molar-refractivity contribution in [1.29, 1.82) is 0 Å². The number of para-hydroxylation sites is 1. The zero-order valence-electron chi connectivity index (χ0n) is 12.1. The number of carboxylic acid groups (broad SMARTS) is 1. The standard InChI is InChI=1S/C15H16N4O3/c1-15(14(21)22)7-8-18(9-15)13(20)12-16-10-19(17-12)11-5-3-2-4-6-11/h2-6,10H,7-9H2,1H3,(H,21,22). The first kappa shape index (κ1) is 14.2. The predicted molar refractivity (Wildman–Crippen MR) is 77.6 cm³/mol. The zero-order valence-corrected chi connectivity index (χ0v) is 12.1. The highest BCUT2D eigenvalue weighted by Gasteiger charge is 2.42. The van der Waals surface area contributed by atoms with Crippen molar-refractivity contribution in [1.82, 2.24) is 19.7 Å². The van der Waals surface area contributed by atoms with Gasteiger partial charge in [-0.15, -0.1) is 5.10 Å². The minimum absolute atomic E-state index is 0.0819. The molecule has 0 bridgehead atoms. The van der Waals surface area contributed by atoms with E-state index in [1.165, 1.54) is 15.9 Å². The van der Waals surface area contributed by atoms with E-state index in [0.29, 0.717) is 13.0 Å². The van der Waals surface area contributed by atoms with E-state index in [1.54, 1.807) is 6.92 Å². The van der Waals surface area contributed by atoms with Gasteiger partial charge < -0.3 is 10.0 Å². The molecule has 1 unspecified atom stereocenters. The fraction of sp³-hybridized carbons (Fsp3) is 0.333. The molecular formula is C15H16N4O3. The van der Waals surface area contributed by atoms with Gasteiger partial charge in [0.1, 0.15) is 6.33 Å². The molecule has 1 aliphatic heterocycles. The van der Waals surface area contributed by atoms with Crippen molar-refractivity contribution in [2.75, 3.05) is 13.1 Å². The number of carbonyl (C=O) groups excluding carboxylic acids is 1. The van der Waals surface area contributed by atoms with Crippen LogP contribution in [0.2, 0.25) is 0 Å². The van der Waals surface area contributed by atoms with Crippen LogP contribution in [0.4, 0.5) is 0 Å². The minimum Gasteiger partial charge on any atom is -0.481 e. The average molecular weight is 300 g/mol. The summed E-state index contributed by atoms with van der Waals surface area (Å²) in [6, 6.07) is 9.36. The lowest BCUT2D eigenvalue weighted by molar-refractivity contribution is -0.147. The van der Waals surface area contributed by atoms with Crippen LogP contribution >= 0.6 is 0 Å². The summed E-state index contributed by atoms with van der Waals surface area (Å²) < 4.78 is 1.53. The fourth-order valence-electron chi connectivity index (χ4n) is 2.52. The van der Waals surface area contributed by atoms with Crippen molar-refractivity contribution in [3.8, 4) is 5.69 Å². The number of hydrogen-bond acceptors (Lipinski definition) is 4. The highest BCUT2D eigenvalue weighted by atomic mass is 16.4. The van der Waals surface area contributed by atoms with Crippen LogP contribution in [0.5, 0.6) is 0 Å². The number of rotatable bonds is 3. The van der Waals surface area contributed by atoms with Crippen molar-refractivity contribution >= 4 is 11.9 Å². The Morgan fingerprint density at radius 3 is 2.64 bits per heavy atom. The molecule has 7 heteroatoms.